The van der Waals surface area contributed by atoms with Gasteiger partial charge in [-0.05, 0) is 98.8 Å². The van der Waals surface area contributed by atoms with Gasteiger partial charge in [-0.3, -0.25) is 4.79 Å². The number of amides is 1. The number of halogens is 2. The standard InChI is InChI=1S/C24H26Cl2.C9H14.C2H4.CH3NO/c1-16-14-15-23(25)24(26)17(16)8-2-3-9-18-19-10-4-6-12-21(19)22-13-7-5-11-20(18)22;1-5-8(4)9(6-2)7-3;1-2;2-1-3/h4-6,10-12,14-15,18,23-24H,2-3,7-9,13H2,1H3;5-7H,2H2,1,3-4H3;1-2H2;1H,(H2,2,3)/b;8-5-,9-7-;;. The van der Waals surface area contributed by atoms with Crippen molar-refractivity contribution in [3.63, 3.8) is 0 Å². The molecule has 0 radical (unpaired) electrons. The summed E-state index contributed by atoms with van der Waals surface area (Å²) in [5, 5.41) is -0.123. The first-order chi connectivity index (χ1) is 19.3. The molecule has 0 aliphatic heterocycles. The fourth-order valence-corrected chi connectivity index (χ4v) is 5.97. The second-order valence-corrected chi connectivity index (χ2v) is 10.7. The van der Waals surface area contributed by atoms with Crippen LogP contribution in [0, 0.1) is 0 Å². The van der Waals surface area contributed by atoms with Crippen molar-refractivity contribution in [2.75, 3.05) is 0 Å². The van der Waals surface area contributed by atoms with E-state index in [0.29, 0.717) is 5.92 Å². The number of benzene rings is 1. The molecule has 2 N–H and O–H groups in total. The van der Waals surface area contributed by atoms with E-state index in [-0.39, 0.29) is 17.2 Å². The Balaban J connectivity index is 0.000000482. The van der Waals surface area contributed by atoms with E-state index < -0.39 is 0 Å². The van der Waals surface area contributed by atoms with Crippen LogP contribution in [0.15, 0.2) is 114 Å². The minimum atomic E-state index is -0.0721. The Bertz CT molecular complexity index is 1160. The number of nitrogens with two attached hydrogens (primary N) is 1. The van der Waals surface area contributed by atoms with Gasteiger partial charge in [0.1, 0.15) is 0 Å². The molecule has 0 saturated heterocycles. The zero-order valence-corrected chi connectivity index (χ0v) is 26.3. The molecule has 0 saturated carbocycles. The first kappa shape index (κ1) is 35.2. The van der Waals surface area contributed by atoms with E-state index in [1.807, 2.05) is 26.0 Å². The molecular formula is C36H47Cl2NO. The van der Waals surface area contributed by atoms with E-state index >= 15 is 0 Å². The summed E-state index contributed by atoms with van der Waals surface area (Å²) in [6.07, 6.45) is 22.2. The largest absolute Gasteiger partial charge is 0.372 e. The fourth-order valence-electron chi connectivity index (χ4n) is 5.38. The zero-order valence-electron chi connectivity index (χ0n) is 24.8. The second-order valence-electron chi connectivity index (χ2n) is 9.73. The van der Waals surface area contributed by atoms with Gasteiger partial charge in [0.05, 0.1) is 10.8 Å². The highest BCUT2D eigenvalue weighted by atomic mass is 35.5. The van der Waals surface area contributed by atoms with E-state index in [2.05, 4.69) is 94.0 Å². The Kier molecular flexibility index (Phi) is 17.0. The predicted molar refractivity (Wildman–Crippen MR) is 179 cm³/mol. The Hall–Kier alpha value is -2.81. The lowest BCUT2D eigenvalue weighted by atomic mass is 9.87. The first-order valence-electron chi connectivity index (χ1n) is 14.1. The SMILES string of the molecule is C=C.C=CC(=C/C)/C(C)=C\C.CC1=C(CCCCC2C3=C(CCC=C3)c3ccccc32)C(Cl)C(Cl)C=C1.NC=O. The molecular weight excluding hydrogens is 533 g/mol. The van der Waals surface area contributed by atoms with Gasteiger partial charge in [0.2, 0.25) is 6.41 Å². The quantitative estimate of drug-likeness (QED) is 0.113. The molecule has 3 aliphatic rings. The molecule has 3 atom stereocenters. The molecule has 0 heterocycles. The Morgan fingerprint density at radius 2 is 1.77 bits per heavy atom. The predicted octanol–water partition coefficient (Wildman–Crippen LogP) is 10.5. The molecule has 1 amide bonds. The van der Waals surface area contributed by atoms with Crippen LogP contribution in [0.25, 0.3) is 5.57 Å². The highest BCUT2D eigenvalue weighted by Gasteiger charge is 2.30. The minimum Gasteiger partial charge on any atom is -0.372 e. The third-order valence-corrected chi connectivity index (χ3v) is 8.56. The molecule has 4 heteroatoms. The first-order valence-corrected chi connectivity index (χ1v) is 14.9. The number of carbonyl (C=O) groups excluding carboxylic acids is 1. The molecule has 1 aromatic rings. The summed E-state index contributed by atoms with van der Waals surface area (Å²) in [6, 6.07) is 9.01. The topological polar surface area (TPSA) is 43.1 Å². The van der Waals surface area contributed by atoms with Crippen molar-refractivity contribution in [1.29, 1.82) is 0 Å². The van der Waals surface area contributed by atoms with Gasteiger partial charge in [0.25, 0.3) is 0 Å². The summed E-state index contributed by atoms with van der Waals surface area (Å²) in [6.45, 7) is 18.0. The lowest BCUT2D eigenvalue weighted by molar-refractivity contribution is -0.106. The van der Waals surface area contributed by atoms with Crippen LogP contribution < -0.4 is 5.73 Å². The average molecular weight is 581 g/mol. The van der Waals surface area contributed by atoms with Gasteiger partial charge in [-0.1, -0.05) is 85.4 Å². The van der Waals surface area contributed by atoms with Crippen LogP contribution in [0.1, 0.15) is 83.3 Å². The lowest BCUT2D eigenvalue weighted by Crippen LogP contribution is -2.19. The van der Waals surface area contributed by atoms with Crippen LogP contribution in [0.2, 0.25) is 0 Å². The molecule has 2 nitrogen and oxygen atoms in total. The van der Waals surface area contributed by atoms with Crippen molar-refractivity contribution in [3.05, 3.63) is 126 Å². The summed E-state index contributed by atoms with van der Waals surface area (Å²) >= 11 is 12.8. The molecule has 0 aromatic heterocycles. The molecule has 3 aliphatic carbocycles. The summed E-state index contributed by atoms with van der Waals surface area (Å²) in [7, 11) is 0. The second kappa shape index (κ2) is 19.3. The van der Waals surface area contributed by atoms with Gasteiger partial charge < -0.3 is 5.73 Å². The monoisotopic (exact) mass is 579 g/mol. The molecule has 3 unspecified atom stereocenters. The lowest BCUT2D eigenvalue weighted by Gasteiger charge is -2.23. The van der Waals surface area contributed by atoms with Gasteiger partial charge >= 0.3 is 0 Å². The number of hydrogen-bond donors (Lipinski definition) is 1. The smallest absolute Gasteiger partial charge is 0.204 e. The summed E-state index contributed by atoms with van der Waals surface area (Å²) < 4.78 is 0. The molecule has 4 rings (SSSR count). The van der Waals surface area contributed by atoms with Crippen LogP contribution in [0.3, 0.4) is 0 Å². The molecule has 0 fully saturated rings. The normalized spacial score (nSPS) is 21.1. The summed E-state index contributed by atoms with van der Waals surface area (Å²) in [5.74, 6) is 0.576. The third kappa shape index (κ3) is 9.68. The van der Waals surface area contributed by atoms with E-state index in [4.69, 9.17) is 28.0 Å². The van der Waals surface area contributed by atoms with Crippen molar-refractivity contribution in [3.8, 4) is 0 Å². The van der Waals surface area contributed by atoms with E-state index in [1.165, 1.54) is 65.5 Å². The van der Waals surface area contributed by atoms with Crippen LogP contribution in [0.5, 0.6) is 0 Å². The molecule has 0 bridgehead atoms. The van der Waals surface area contributed by atoms with Gasteiger partial charge in [-0.25, -0.2) is 0 Å². The van der Waals surface area contributed by atoms with Crippen LogP contribution >= 0.6 is 23.2 Å². The molecule has 40 heavy (non-hydrogen) atoms. The number of rotatable bonds is 7. The number of primary amides is 1. The molecule has 0 spiro atoms. The summed E-state index contributed by atoms with van der Waals surface area (Å²) in [5.41, 5.74) is 15.5. The number of allylic oxidation sites excluding steroid dienone is 13. The van der Waals surface area contributed by atoms with Crippen LogP contribution in [-0.2, 0) is 4.79 Å². The van der Waals surface area contributed by atoms with E-state index in [9.17, 15) is 0 Å². The van der Waals surface area contributed by atoms with Gasteiger partial charge in [0, 0.05) is 5.92 Å². The highest BCUT2D eigenvalue weighted by Crippen LogP contribution is 2.48. The highest BCUT2D eigenvalue weighted by molar-refractivity contribution is 6.32. The summed E-state index contributed by atoms with van der Waals surface area (Å²) in [4.78, 5) is 8.58. The number of alkyl halides is 2. The number of hydrogen-bond acceptors (Lipinski definition) is 1. The van der Waals surface area contributed by atoms with Crippen molar-refractivity contribution in [2.24, 2.45) is 5.73 Å². The molecule has 216 valence electrons. The van der Waals surface area contributed by atoms with Crippen LogP contribution in [0.4, 0.5) is 0 Å². The maximum absolute atomic E-state index is 8.58. The van der Waals surface area contributed by atoms with Crippen molar-refractivity contribution in [1.82, 2.24) is 0 Å². The zero-order chi connectivity index (χ0) is 30.1. The van der Waals surface area contributed by atoms with E-state index in [0.717, 1.165) is 6.42 Å². The Labute approximate surface area is 253 Å². The average Bonchev–Trinajstić information content (AvgIpc) is 3.30. The minimum absolute atomic E-state index is 0.0514. The fraction of sp³-hybridized carbons (Fsp3) is 0.361. The van der Waals surface area contributed by atoms with Gasteiger partial charge in [-0.15, -0.1) is 36.4 Å². The van der Waals surface area contributed by atoms with Gasteiger partial charge in [-0.2, -0.15) is 0 Å². The van der Waals surface area contributed by atoms with Crippen molar-refractivity contribution in [2.45, 2.75) is 82.9 Å². The van der Waals surface area contributed by atoms with Crippen molar-refractivity contribution >= 4 is 35.2 Å². The maximum atomic E-state index is 8.58. The number of fused-ring (bicyclic) bond motifs is 2. The molecule has 1 aromatic carbocycles. The number of unbranched alkanes of at least 4 members (excludes halogenated alkanes) is 1. The number of carbonyl (C=O) groups is 1. The van der Waals surface area contributed by atoms with E-state index in [1.54, 1.807) is 11.1 Å². The third-order valence-electron chi connectivity index (χ3n) is 7.50. The Morgan fingerprint density at radius 3 is 2.38 bits per heavy atom. The van der Waals surface area contributed by atoms with Gasteiger partial charge in [0.15, 0.2) is 0 Å². The van der Waals surface area contributed by atoms with Crippen molar-refractivity contribution < 1.29 is 4.79 Å². The Morgan fingerprint density at radius 1 is 1.10 bits per heavy atom. The van der Waals surface area contributed by atoms with Crippen LogP contribution in [-0.4, -0.2) is 17.2 Å². The maximum Gasteiger partial charge on any atom is 0.204 e.